The summed E-state index contributed by atoms with van der Waals surface area (Å²) in [6.07, 6.45) is 8.77. The molecule has 0 spiro atoms. The zero-order valence-corrected chi connectivity index (χ0v) is 22.7. The second-order valence-electron chi connectivity index (χ2n) is 9.47. The average molecular weight is 492 g/mol. The lowest BCUT2D eigenvalue weighted by molar-refractivity contribution is -0.129. The maximum Gasteiger partial charge on any atom is 0.243 e. The van der Waals surface area contributed by atoms with Crippen LogP contribution in [0.5, 0.6) is 5.75 Å². The van der Waals surface area contributed by atoms with Gasteiger partial charge in [-0.3, -0.25) is 4.79 Å². The van der Waals surface area contributed by atoms with Crippen molar-refractivity contribution in [1.29, 1.82) is 0 Å². The minimum Gasteiger partial charge on any atom is -0.497 e. The lowest BCUT2D eigenvalue weighted by Crippen LogP contribution is -2.35. The highest BCUT2D eigenvalue weighted by molar-refractivity contribution is 7.89. The smallest absolute Gasteiger partial charge is 0.243 e. The Morgan fingerprint density at radius 3 is 2.09 bits per heavy atom. The van der Waals surface area contributed by atoms with Crippen LogP contribution in [-0.2, 0) is 14.8 Å². The fourth-order valence-electron chi connectivity index (χ4n) is 4.23. The predicted molar refractivity (Wildman–Crippen MR) is 138 cm³/mol. The molecule has 0 aliphatic heterocycles. The first kappa shape index (κ1) is 28.1. The van der Waals surface area contributed by atoms with Crippen molar-refractivity contribution < 1.29 is 17.9 Å². The van der Waals surface area contributed by atoms with Gasteiger partial charge in [0.1, 0.15) is 5.75 Å². The molecule has 0 saturated heterocycles. The summed E-state index contributed by atoms with van der Waals surface area (Å²) in [5.74, 6) is 0.563. The lowest BCUT2D eigenvalue weighted by Gasteiger charge is -2.24. The van der Waals surface area contributed by atoms with Crippen LogP contribution in [0.25, 0.3) is 0 Å². The number of allylic oxidation sites excluding steroid dienone is 3. The molecule has 0 saturated carbocycles. The van der Waals surface area contributed by atoms with Gasteiger partial charge in [-0.25, -0.2) is 12.7 Å². The Bertz CT molecular complexity index is 1010. The number of aryl methyl sites for hydroxylation is 2. The Hall–Kier alpha value is -2.16. The van der Waals surface area contributed by atoms with Crippen LogP contribution >= 0.6 is 0 Å². The van der Waals surface area contributed by atoms with Crippen LogP contribution in [-0.4, -0.2) is 83.4 Å². The number of carbonyl (C=O) groups excluding carboxylic acids is 1. The molecular weight excluding hydrogens is 450 g/mol. The van der Waals surface area contributed by atoms with Gasteiger partial charge in [-0.15, -0.1) is 0 Å². The number of nitrogens with zero attached hydrogens (tertiary/aromatic N) is 3. The molecule has 0 fully saturated rings. The number of carbonyl (C=O) groups is 1. The summed E-state index contributed by atoms with van der Waals surface area (Å²) in [6.45, 7) is 5.32. The molecule has 2 rings (SSSR count). The molecule has 7 nitrogen and oxygen atoms in total. The van der Waals surface area contributed by atoms with Crippen LogP contribution in [0.2, 0.25) is 0 Å². The Morgan fingerprint density at radius 1 is 0.971 bits per heavy atom. The molecule has 34 heavy (non-hydrogen) atoms. The predicted octanol–water partition coefficient (Wildman–Crippen LogP) is 3.77. The molecule has 0 radical (unpaired) electrons. The first-order valence-corrected chi connectivity index (χ1v) is 13.3. The van der Waals surface area contributed by atoms with Gasteiger partial charge >= 0.3 is 0 Å². The van der Waals surface area contributed by atoms with Crippen molar-refractivity contribution in [2.45, 2.75) is 50.8 Å². The zero-order chi connectivity index (χ0) is 25.5. The van der Waals surface area contributed by atoms with E-state index < -0.39 is 10.0 Å². The molecule has 0 atom stereocenters. The molecular formula is C26H41N3O4S. The Morgan fingerprint density at radius 2 is 1.56 bits per heavy atom. The molecule has 0 bridgehead atoms. The van der Waals surface area contributed by atoms with E-state index in [2.05, 4.69) is 31.1 Å². The number of benzene rings is 1. The number of sulfonamides is 1. The van der Waals surface area contributed by atoms with Gasteiger partial charge in [-0.1, -0.05) is 23.3 Å². The van der Waals surface area contributed by atoms with Crippen molar-refractivity contribution in [2.24, 2.45) is 0 Å². The van der Waals surface area contributed by atoms with E-state index >= 15 is 0 Å². The molecule has 0 N–H and O–H groups in total. The maximum absolute atomic E-state index is 13.2. The fourth-order valence-corrected chi connectivity index (χ4v) is 5.81. The summed E-state index contributed by atoms with van der Waals surface area (Å²) in [4.78, 5) is 16.9. The molecule has 1 amide bonds. The van der Waals surface area contributed by atoms with Crippen molar-refractivity contribution in [3.05, 3.63) is 46.6 Å². The highest BCUT2D eigenvalue weighted by Crippen LogP contribution is 2.28. The number of hydrogen-bond acceptors (Lipinski definition) is 5. The van der Waals surface area contributed by atoms with Crippen molar-refractivity contribution in [3.63, 3.8) is 0 Å². The minimum atomic E-state index is -3.71. The van der Waals surface area contributed by atoms with Crippen LogP contribution in [0.3, 0.4) is 0 Å². The largest absolute Gasteiger partial charge is 0.497 e. The minimum absolute atomic E-state index is 0.0631. The maximum atomic E-state index is 13.2. The van der Waals surface area contributed by atoms with Gasteiger partial charge in [0.25, 0.3) is 0 Å². The van der Waals surface area contributed by atoms with E-state index in [0.29, 0.717) is 23.4 Å². The number of ether oxygens (including phenoxy) is 1. The van der Waals surface area contributed by atoms with Gasteiger partial charge in [0.05, 0.1) is 12.0 Å². The molecule has 190 valence electrons. The molecule has 1 aliphatic rings. The normalized spacial score (nSPS) is 14.3. The summed E-state index contributed by atoms with van der Waals surface area (Å²) in [7, 11) is 5.34. The molecule has 0 aromatic heterocycles. The van der Waals surface area contributed by atoms with Crippen LogP contribution in [0.15, 0.2) is 40.3 Å². The molecule has 1 aliphatic carbocycles. The van der Waals surface area contributed by atoms with Crippen LogP contribution in [0.1, 0.15) is 43.2 Å². The van der Waals surface area contributed by atoms with E-state index in [4.69, 9.17) is 4.74 Å². The summed E-state index contributed by atoms with van der Waals surface area (Å²) < 4.78 is 32.8. The SMILES string of the molecule is COc1cc(C)c(S(=O)(=O)N(C)CCC(=O)N(C)CC2=CC=C(CCCN(C)C)CC2)c(C)c1. The fraction of sp³-hybridized carbons (Fsp3) is 0.577. The Kier molecular flexibility index (Phi) is 10.3. The van der Waals surface area contributed by atoms with E-state index in [0.717, 1.165) is 32.2 Å². The Labute approximate surface area is 206 Å². The first-order valence-electron chi connectivity index (χ1n) is 11.8. The van der Waals surface area contributed by atoms with Gasteiger partial charge < -0.3 is 14.5 Å². The number of methoxy groups -OCH3 is 1. The Balaban J connectivity index is 1.92. The third-order valence-electron chi connectivity index (χ3n) is 6.27. The number of amides is 1. The third-order valence-corrected chi connectivity index (χ3v) is 8.43. The van der Waals surface area contributed by atoms with Crippen LogP contribution in [0, 0.1) is 13.8 Å². The quantitative estimate of drug-likeness (QED) is 0.445. The zero-order valence-electron chi connectivity index (χ0n) is 21.8. The third kappa shape index (κ3) is 7.68. The van der Waals surface area contributed by atoms with Gasteiger partial charge in [0, 0.05) is 33.6 Å². The second kappa shape index (κ2) is 12.5. The molecule has 1 aromatic rings. The summed E-state index contributed by atoms with van der Waals surface area (Å²) in [5.41, 5.74) is 3.96. The monoisotopic (exact) mass is 491 g/mol. The van der Waals surface area contributed by atoms with E-state index in [1.807, 2.05) is 0 Å². The van der Waals surface area contributed by atoms with E-state index in [-0.39, 0.29) is 23.8 Å². The summed E-state index contributed by atoms with van der Waals surface area (Å²) in [5, 5.41) is 0. The standard InChI is InChI=1S/C26H41N3O4S/c1-20-17-24(33-7)18-21(2)26(20)34(31,32)29(6)16-14-25(30)28(5)19-23-12-10-22(11-13-23)9-8-15-27(3)4/h10,12,17-18H,8-9,11,13-16,19H2,1-7H3. The van der Waals surface area contributed by atoms with E-state index in [9.17, 15) is 13.2 Å². The van der Waals surface area contributed by atoms with E-state index in [1.165, 1.54) is 22.5 Å². The number of hydrogen-bond donors (Lipinski definition) is 0. The van der Waals surface area contributed by atoms with Crippen LogP contribution < -0.4 is 4.74 Å². The van der Waals surface area contributed by atoms with Crippen LogP contribution in [0.4, 0.5) is 0 Å². The second-order valence-corrected chi connectivity index (χ2v) is 11.5. The van der Waals surface area contributed by atoms with Crippen molar-refractivity contribution in [1.82, 2.24) is 14.1 Å². The van der Waals surface area contributed by atoms with Gasteiger partial charge in [-0.05, 0) is 83.4 Å². The molecule has 1 aromatic carbocycles. The topological polar surface area (TPSA) is 70.2 Å². The van der Waals surface area contributed by atoms with Crippen molar-refractivity contribution >= 4 is 15.9 Å². The molecule has 0 unspecified atom stereocenters. The van der Waals surface area contributed by atoms with E-state index in [1.54, 1.807) is 45.0 Å². The highest BCUT2D eigenvalue weighted by atomic mass is 32.2. The van der Waals surface area contributed by atoms with Gasteiger partial charge in [0.15, 0.2) is 0 Å². The average Bonchev–Trinajstić information content (AvgIpc) is 2.77. The van der Waals surface area contributed by atoms with Crippen molar-refractivity contribution in [3.8, 4) is 5.75 Å². The molecule has 0 heterocycles. The number of likely N-dealkylation sites (N-methyl/N-ethyl adjacent to an activating group) is 1. The highest BCUT2D eigenvalue weighted by Gasteiger charge is 2.26. The first-order chi connectivity index (χ1) is 15.9. The lowest BCUT2D eigenvalue weighted by atomic mass is 9.95. The summed E-state index contributed by atoms with van der Waals surface area (Å²) >= 11 is 0. The summed E-state index contributed by atoms with van der Waals surface area (Å²) in [6, 6.07) is 3.43. The van der Waals surface area contributed by atoms with Crippen molar-refractivity contribution in [2.75, 3.05) is 54.9 Å². The van der Waals surface area contributed by atoms with Gasteiger partial charge in [0.2, 0.25) is 15.9 Å². The number of rotatable bonds is 12. The van der Waals surface area contributed by atoms with Gasteiger partial charge in [-0.2, -0.15) is 0 Å². The molecule has 8 heteroatoms.